The SMILES string of the molecule is COc1cc2c(cc1NC(=O)CN1CCC3(CCCO3)C(OC)C1)oc1ccccc12. The molecule has 0 aliphatic carbocycles. The van der Waals surface area contributed by atoms with Crippen molar-refractivity contribution in [3.05, 3.63) is 36.4 Å². The van der Waals surface area contributed by atoms with Crippen LogP contribution in [0.5, 0.6) is 5.75 Å². The number of likely N-dealkylation sites (tertiary alicyclic amines) is 1. The molecule has 3 heterocycles. The molecule has 2 saturated heterocycles. The average Bonchev–Trinajstić information content (AvgIpc) is 3.39. The fourth-order valence-electron chi connectivity index (χ4n) is 5.01. The highest BCUT2D eigenvalue weighted by molar-refractivity contribution is 6.07. The monoisotopic (exact) mass is 424 g/mol. The molecule has 2 atom stereocenters. The van der Waals surface area contributed by atoms with Crippen LogP contribution in [0.3, 0.4) is 0 Å². The number of hydrogen-bond acceptors (Lipinski definition) is 6. The summed E-state index contributed by atoms with van der Waals surface area (Å²) < 4.78 is 23.3. The molecule has 0 bridgehead atoms. The van der Waals surface area contributed by atoms with E-state index in [1.54, 1.807) is 14.2 Å². The number of rotatable bonds is 5. The van der Waals surface area contributed by atoms with Gasteiger partial charge >= 0.3 is 0 Å². The summed E-state index contributed by atoms with van der Waals surface area (Å²) in [6.45, 7) is 2.58. The Morgan fingerprint density at radius 2 is 2.06 bits per heavy atom. The van der Waals surface area contributed by atoms with Gasteiger partial charge in [0.05, 0.1) is 31.0 Å². The summed E-state index contributed by atoms with van der Waals surface area (Å²) in [5.41, 5.74) is 1.95. The molecule has 7 nitrogen and oxygen atoms in total. The van der Waals surface area contributed by atoms with Gasteiger partial charge in [-0.1, -0.05) is 18.2 Å². The van der Waals surface area contributed by atoms with Gasteiger partial charge in [-0.15, -0.1) is 0 Å². The van der Waals surface area contributed by atoms with Crippen LogP contribution in [0.1, 0.15) is 19.3 Å². The van der Waals surface area contributed by atoms with Crippen LogP contribution < -0.4 is 10.1 Å². The Kier molecular flexibility index (Phi) is 5.33. The number of carbonyl (C=O) groups is 1. The lowest BCUT2D eigenvalue weighted by Gasteiger charge is -2.44. The highest BCUT2D eigenvalue weighted by Crippen LogP contribution is 2.38. The van der Waals surface area contributed by atoms with E-state index in [1.807, 2.05) is 36.4 Å². The number of para-hydroxylation sites is 1. The molecule has 2 aromatic carbocycles. The summed E-state index contributed by atoms with van der Waals surface area (Å²) in [6, 6.07) is 11.6. The van der Waals surface area contributed by atoms with Crippen molar-refractivity contribution in [3.8, 4) is 5.75 Å². The van der Waals surface area contributed by atoms with Gasteiger partial charge in [0.2, 0.25) is 5.91 Å². The van der Waals surface area contributed by atoms with Crippen LogP contribution in [-0.2, 0) is 14.3 Å². The van der Waals surface area contributed by atoms with Gasteiger partial charge in [0.25, 0.3) is 0 Å². The zero-order chi connectivity index (χ0) is 21.4. The summed E-state index contributed by atoms with van der Waals surface area (Å²) in [5.74, 6) is 0.519. The Morgan fingerprint density at radius 1 is 1.19 bits per heavy atom. The minimum Gasteiger partial charge on any atom is -0.495 e. The van der Waals surface area contributed by atoms with E-state index in [1.165, 1.54) is 0 Å². The molecule has 164 valence electrons. The maximum atomic E-state index is 12.9. The van der Waals surface area contributed by atoms with Gasteiger partial charge in [-0.05, 0) is 31.4 Å². The number of nitrogens with one attached hydrogen (secondary N) is 1. The van der Waals surface area contributed by atoms with E-state index in [4.69, 9.17) is 18.6 Å². The molecule has 1 amide bonds. The Hall–Kier alpha value is -2.61. The first-order chi connectivity index (χ1) is 15.1. The first-order valence-electron chi connectivity index (χ1n) is 10.8. The third-order valence-electron chi connectivity index (χ3n) is 6.62. The number of anilines is 1. The normalized spacial score (nSPS) is 24.3. The molecule has 3 aromatic rings. The van der Waals surface area contributed by atoms with Crippen LogP contribution in [0.15, 0.2) is 40.8 Å². The van der Waals surface area contributed by atoms with E-state index in [0.717, 1.165) is 54.4 Å². The third kappa shape index (κ3) is 3.67. The van der Waals surface area contributed by atoms with Crippen molar-refractivity contribution in [1.82, 2.24) is 4.90 Å². The number of piperidine rings is 1. The molecule has 2 fully saturated rings. The lowest BCUT2D eigenvalue weighted by Crippen LogP contribution is -2.57. The van der Waals surface area contributed by atoms with E-state index < -0.39 is 0 Å². The second-order valence-electron chi connectivity index (χ2n) is 8.42. The van der Waals surface area contributed by atoms with Gasteiger partial charge < -0.3 is 23.9 Å². The topological polar surface area (TPSA) is 73.2 Å². The van der Waals surface area contributed by atoms with E-state index in [0.29, 0.717) is 18.0 Å². The zero-order valence-corrected chi connectivity index (χ0v) is 18.0. The van der Waals surface area contributed by atoms with Gasteiger partial charge in [-0.25, -0.2) is 0 Å². The minimum atomic E-state index is -0.183. The van der Waals surface area contributed by atoms with Crippen LogP contribution in [0.4, 0.5) is 5.69 Å². The highest BCUT2D eigenvalue weighted by Gasteiger charge is 2.46. The quantitative estimate of drug-likeness (QED) is 0.672. The molecule has 2 aliphatic rings. The molecule has 0 radical (unpaired) electrons. The second kappa shape index (κ2) is 8.15. The zero-order valence-electron chi connectivity index (χ0n) is 18.0. The van der Waals surface area contributed by atoms with Crippen LogP contribution in [0.25, 0.3) is 21.9 Å². The number of hydrogen-bond donors (Lipinski definition) is 1. The molecule has 2 unspecified atom stereocenters. The van der Waals surface area contributed by atoms with Gasteiger partial charge in [0.15, 0.2) is 0 Å². The lowest BCUT2D eigenvalue weighted by molar-refractivity contribution is -0.145. The van der Waals surface area contributed by atoms with Crippen molar-refractivity contribution in [2.45, 2.75) is 31.0 Å². The molecule has 2 aliphatic heterocycles. The van der Waals surface area contributed by atoms with E-state index >= 15 is 0 Å². The number of ether oxygens (including phenoxy) is 3. The first kappa shape index (κ1) is 20.3. The Balaban J connectivity index is 1.31. The number of furan rings is 1. The van der Waals surface area contributed by atoms with Crippen molar-refractivity contribution >= 4 is 33.5 Å². The van der Waals surface area contributed by atoms with Crippen LogP contribution in [-0.4, -0.2) is 63.0 Å². The maximum absolute atomic E-state index is 12.9. The van der Waals surface area contributed by atoms with Crippen LogP contribution >= 0.6 is 0 Å². The third-order valence-corrected chi connectivity index (χ3v) is 6.62. The summed E-state index contributed by atoms with van der Waals surface area (Å²) >= 11 is 0. The van der Waals surface area contributed by atoms with Gasteiger partial charge in [-0.2, -0.15) is 0 Å². The number of nitrogens with zero attached hydrogens (tertiary/aromatic N) is 1. The number of amides is 1. The fourth-order valence-corrected chi connectivity index (χ4v) is 5.01. The largest absolute Gasteiger partial charge is 0.495 e. The van der Waals surface area contributed by atoms with E-state index in [-0.39, 0.29) is 24.2 Å². The summed E-state index contributed by atoms with van der Waals surface area (Å²) in [6.07, 6.45) is 2.97. The summed E-state index contributed by atoms with van der Waals surface area (Å²) in [4.78, 5) is 15.0. The number of carbonyl (C=O) groups excluding carboxylic acids is 1. The highest BCUT2D eigenvalue weighted by atomic mass is 16.5. The molecule has 1 spiro atoms. The predicted octanol–water partition coefficient (Wildman–Crippen LogP) is 3.80. The Morgan fingerprint density at radius 3 is 2.84 bits per heavy atom. The van der Waals surface area contributed by atoms with Gasteiger partial charge in [0.1, 0.15) is 16.9 Å². The Bertz CT molecular complexity index is 1100. The summed E-state index contributed by atoms with van der Waals surface area (Å²) in [7, 11) is 3.33. The molecule has 1 aromatic heterocycles. The van der Waals surface area contributed by atoms with Crippen molar-refractivity contribution in [1.29, 1.82) is 0 Å². The predicted molar refractivity (Wildman–Crippen MR) is 119 cm³/mol. The molecule has 0 saturated carbocycles. The number of benzene rings is 2. The van der Waals surface area contributed by atoms with Crippen molar-refractivity contribution in [2.75, 3.05) is 45.8 Å². The van der Waals surface area contributed by atoms with Crippen molar-refractivity contribution in [2.24, 2.45) is 0 Å². The van der Waals surface area contributed by atoms with Gasteiger partial charge in [0, 0.05) is 43.6 Å². The number of methoxy groups -OCH3 is 2. The first-order valence-corrected chi connectivity index (χ1v) is 10.8. The van der Waals surface area contributed by atoms with Crippen molar-refractivity contribution < 1.29 is 23.4 Å². The molecule has 1 N–H and O–H groups in total. The maximum Gasteiger partial charge on any atom is 0.238 e. The van der Waals surface area contributed by atoms with E-state index in [2.05, 4.69) is 10.2 Å². The fraction of sp³-hybridized carbons (Fsp3) is 0.458. The average molecular weight is 424 g/mol. The lowest BCUT2D eigenvalue weighted by atomic mass is 9.86. The van der Waals surface area contributed by atoms with Crippen molar-refractivity contribution in [3.63, 3.8) is 0 Å². The molecule has 31 heavy (non-hydrogen) atoms. The molecule has 5 rings (SSSR count). The van der Waals surface area contributed by atoms with Gasteiger partial charge in [-0.3, -0.25) is 9.69 Å². The molecular weight excluding hydrogens is 396 g/mol. The smallest absolute Gasteiger partial charge is 0.238 e. The molecule has 7 heteroatoms. The minimum absolute atomic E-state index is 0.0158. The number of fused-ring (bicyclic) bond motifs is 3. The van der Waals surface area contributed by atoms with Crippen LogP contribution in [0.2, 0.25) is 0 Å². The molecular formula is C24H28N2O5. The van der Waals surface area contributed by atoms with E-state index in [9.17, 15) is 4.79 Å². The second-order valence-corrected chi connectivity index (χ2v) is 8.42. The Labute approximate surface area is 181 Å². The van der Waals surface area contributed by atoms with Crippen LogP contribution in [0, 0.1) is 0 Å². The summed E-state index contributed by atoms with van der Waals surface area (Å²) in [5, 5.41) is 4.99. The standard InChI is InChI=1S/C24H28N2O5/c1-28-21-12-17-16-6-3-4-7-19(16)31-20(17)13-18(21)25-23(27)15-26-10-9-24(8-5-11-30-24)22(14-26)29-2/h3-4,6-7,12-13,22H,5,8-11,14-15H2,1-2H3,(H,25,27).